The largest absolute Gasteiger partial charge is 0.461 e. The molecule has 0 aliphatic heterocycles. The number of aryl methyl sites for hydroxylation is 1. The van der Waals surface area contributed by atoms with Gasteiger partial charge in [0.2, 0.25) is 10.0 Å². The highest BCUT2D eigenvalue weighted by atomic mass is 32.2. The Morgan fingerprint density at radius 2 is 1.81 bits per heavy atom. The van der Waals surface area contributed by atoms with Gasteiger partial charge in [-0.3, -0.25) is 0 Å². The summed E-state index contributed by atoms with van der Waals surface area (Å²) in [5.41, 5.74) is 1.44. The van der Waals surface area contributed by atoms with Gasteiger partial charge in [-0.05, 0) is 36.4 Å². The maximum atomic E-state index is 12.5. The van der Waals surface area contributed by atoms with Crippen LogP contribution in [0.4, 0.5) is 0 Å². The molecule has 8 heteroatoms. The van der Waals surface area contributed by atoms with E-state index in [4.69, 9.17) is 13.3 Å². The average molecular weight is 384 g/mol. The van der Waals surface area contributed by atoms with Gasteiger partial charge in [-0.2, -0.15) is 0 Å². The van der Waals surface area contributed by atoms with E-state index in [2.05, 4.69) is 9.71 Å². The van der Waals surface area contributed by atoms with Crippen LogP contribution >= 0.6 is 0 Å². The van der Waals surface area contributed by atoms with E-state index in [0.29, 0.717) is 28.9 Å². The highest BCUT2D eigenvalue weighted by Crippen LogP contribution is 2.23. The normalized spacial score (nSPS) is 11.7. The summed E-state index contributed by atoms with van der Waals surface area (Å²) in [6.07, 6.45) is 3.08. The fraction of sp³-hybridized carbons (Fsp3) is 0.105. The van der Waals surface area contributed by atoms with Gasteiger partial charge < -0.3 is 13.3 Å². The van der Waals surface area contributed by atoms with Gasteiger partial charge in [-0.15, -0.1) is 0 Å². The Kier molecular flexibility index (Phi) is 4.43. The Hall–Kier alpha value is -3.10. The molecule has 1 aromatic carbocycles. The molecule has 0 fully saturated rings. The number of nitrogens with one attached hydrogen (secondary N) is 1. The van der Waals surface area contributed by atoms with Gasteiger partial charge in [0.05, 0.1) is 17.7 Å². The monoisotopic (exact) mass is 384 g/mol. The molecule has 0 aliphatic carbocycles. The number of nitrogens with zero attached hydrogens (tertiary/aromatic N) is 1. The van der Waals surface area contributed by atoms with E-state index in [0.717, 1.165) is 5.56 Å². The van der Waals surface area contributed by atoms with Crippen molar-refractivity contribution in [1.29, 1.82) is 0 Å². The van der Waals surface area contributed by atoms with Crippen molar-refractivity contribution in [2.75, 3.05) is 0 Å². The van der Waals surface area contributed by atoms with Crippen LogP contribution in [0, 0.1) is 6.92 Å². The van der Waals surface area contributed by atoms with Crippen LogP contribution in [0.5, 0.6) is 0 Å². The fourth-order valence-corrected chi connectivity index (χ4v) is 3.57. The highest BCUT2D eigenvalue weighted by Gasteiger charge is 2.16. The third-order valence-corrected chi connectivity index (χ3v) is 5.36. The minimum absolute atomic E-state index is 0.0350. The lowest BCUT2D eigenvalue weighted by Gasteiger charge is -2.06. The standard InChI is InChI=1S/C19H16N2O5S/c1-13-21-17(12-25-13)14-4-7-16(8-5-14)27(22,23)20-11-15-6-9-19(26-15)18-3-2-10-24-18/h2-10,12,20H,11H2,1H3. The van der Waals surface area contributed by atoms with Crippen molar-refractivity contribution in [2.45, 2.75) is 18.4 Å². The molecule has 138 valence electrons. The van der Waals surface area contributed by atoms with E-state index in [9.17, 15) is 8.42 Å². The Balaban J connectivity index is 1.45. The van der Waals surface area contributed by atoms with Gasteiger partial charge in [0.1, 0.15) is 17.7 Å². The molecule has 3 aromatic heterocycles. The van der Waals surface area contributed by atoms with Crippen molar-refractivity contribution in [2.24, 2.45) is 0 Å². The Labute approximate surface area is 155 Å². The number of rotatable bonds is 6. The molecule has 0 aliphatic rings. The van der Waals surface area contributed by atoms with Gasteiger partial charge in [0.25, 0.3) is 0 Å². The maximum absolute atomic E-state index is 12.5. The Morgan fingerprint density at radius 3 is 2.48 bits per heavy atom. The van der Waals surface area contributed by atoms with Gasteiger partial charge in [0.15, 0.2) is 17.4 Å². The summed E-state index contributed by atoms with van der Waals surface area (Å²) < 4.78 is 43.5. The van der Waals surface area contributed by atoms with Crippen LogP contribution in [0.1, 0.15) is 11.7 Å². The smallest absolute Gasteiger partial charge is 0.240 e. The zero-order valence-corrected chi connectivity index (χ0v) is 15.2. The van der Waals surface area contributed by atoms with E-state index >= 15 is 0 Å². The predicted octanol–water partition coefficient (Wildman–Crippen LogP) is 3.98. The molecule has 0 bridgehead atoms. The first-order chi connectivity index (χ1) is 13.0. The van der Waals surface area contributed by atoms with E-state index in [1.165, 1.54) is 18.4 Å². The molecule has 0 radical (unpaired) electrons. The molecule has 0 saturated carbocycles. The van der Waals surface area contributed by atoms with Crippen LogP contribution < -0.4 is 4.72 Å². The van der Waals surface area contributed by atoms with Crippen molar-refractivity contribution in [3.05, 3.63) is 72.7 Å². The zero-order chi connectivity index (χ0) is 18.9. The van der Waals surface area contributed by atoms with Crippen LogP contribution in [0.25, 0.3) is 22.8 Å². The SMILES string of the molecule is Cc1nc(-c2ccc(S(=O)(=O)NCc3ccc(-c4ccco4)o3)cc2)co1. The second-order valence-corrected chi connectivity index (χ2v) is 7.61. The lowest BCUT2D eigenvalue weighted by atomic mass is 10.2. The molecule has 7 nitrogen and oxygen atoms in total. The van der Waals surface area contributed by atoms with E-state index in [1.807, 2.05) is 0 Å². The van der Waals surface area contributed by atoms with Crippen molar-refractivity contribution in [1.82, 2.24) is 9.71 Å². The molecular weight excluding hydrogens is 368 g/mol. The Morgan fingerprint density at radius 1 is 1.00 bits per heavy atom. The van der Waals surface area contributed by atoms with Crippen LogP contribution in [-0.4, -0.2) is 13.4 Å². The average Bonchev–Trinajstić information content (AvgIpc) is 3.41. The summed E-state index contributed by atoms with van der Waals surface area (Å²) in [6.45, 7) is 1.78. The molecule has 3 heterocycles. The first-order valence-electron chi connectivity index (χ1n) is 8.16. The quantitative estimate of drug-likeness (QED) is 0.540. The van der Waals surface area contributed by atoms with Crippen LogP contribution in [0.15, 0.2) is 79.2 Å². The van der Waals surface area contributed by atoms with Gasteiger partial charge >= 0.3 is 0 Å². The molecule has 1 N–H and O–H groups in total. The van der Waals surface area contributed by atoms with Crippen molar-refractivity contribution in [3.63, 3.8) is 0 Å². The summed E-state index contributed by atoms with van der Waals surface area (Å²) in [6, 6.07) is 13.4. The molecule has 0 spiro atoms. The molecule has 4 aromatic rings. The minimum Gasteiger partial charge on any atom is -0.461 e. The summed E-state index contributed by atoms with van der Waals surface area (Å²) in [7, 11) is -3.67. The van der Waals surface area contributed by atoms with Gasteiger partial charge in [0, 0.05) is 12.5 Å². The van der Waals surface area contributed by atoms with Crippen molar-refractivity contribution < 1.29 is 21.7 Å². The van der Waals surface area contributed by atoms with Crippen molar-refractivity contribution in [3.8, 4) is 22.8 Å². The van der Waals surface area contributed by atoms with Gasteiger partial charge in [-0.25, -0.2) is 18.1 Å². The molecule has 0 atom stereocenters. The zero-order valence-electron chi connectivity index (χ0n) is 14.4. The first kappa shape index (κ1) is 17.3. The van der Waals surface area contributed by atoms with Crippen LogP contribution in [0.2, 0.25) is 0 Å². The topological polar surface area (TPSA) is 98.5 Å². The minimum atomic E-state index is -3.67. The Bertz CT molecular complexity index is 1140. The number of hydrogen-bond donors (Lipinski definition) is 1. The molecule has 0 saturated heterocycles. The molecule has 27 heavy (non-hydrogen) atoms. The molecular formula is C19H16N2O5S. The van der Waals surface area contributed by atoms with Gasteiger partial charge in [-0.1, -0.05) is 12.1 Å². The maximum Gasteiger partial charge on any atom is 0.240 e. The number of aromatic nitrogens is 1. The first-order valence-corrected chi connectivity index (χ1v) is 9.64. The van der Waals surface area contributed by atoms with E-state index < -0.39 is 10.0 Å². The molecule has 0 amide bonds. The fourth-order valence-electron chi connectivity index (χ4n) is 2.57. The third kappa shape index (κ3) is 3.71. The number of sulfonamides is 1. The predicted molar refractivity (Wildman–Crippen MR) is 97.1 cm³/mol. The van der Waals surface area contributed by atoms with Crippen LogP contribution in [0.3, 0.4) is 0 Å². The molecule has 4 rings (SSSR count). The van der Waals surface area contributed by atoms with E-state index in [1.54, 1.807) is 49.6 Å². The number of hydrogen-bond acceptors (Lipinski definition) is 6. The highest BCUT2D eigenvalue weighted by molar-refractivity contribution is 7.89. The summed E-state index contributed by atoms with van der Waals surface area (Å²) in [4.78, 5) is 4.38. The summed E-state index contributed by atoms with van der Waals surface area (Å²) in [5.74, 6) is 2.17. The second kappa shape index (κ2) is 6.90. The lowest BCUT2D eigenvalue weighted by molar-refractivity contribution is 0.485. The van der Waals surface area contributed by atoms with E-state index in [-0.39, 0.29) is 11.4 Å². The number of furan rings is 2. The summed E-state index contributed by atoms with van der Waals surface area (Å²) in [5, 5.41) is 0. The van der Waals surface area contributed by atoms with Crippen LogP contribution in [-0.2, 0) is 16.6 Å². The third-order valence-electron chi connectivity index (χ3n) is 3.94. The number of oxazole rings is 1. The van der Waals surface area contributed by atoms with Crippen molar-refractivity contribution >= 4 is 10.0 Å². The summed E-state index contributed by atoms with van der Waals surface area (Å²) >= 11 is 0. The lowest BCUT2D eigenvalue weighted by Crippen LogP contribution is -2.22. The molecule has 0 unspecified atom stereocenters. The number of benzene rings is 1. The second-order valence-electron chi connectivity index (χ2n) is 5.84.